The SMILES string of the molecule is CC1(C)CC(=O)C2=C(C1)Nc1[nH]c(=O)[nH]c(=O)c1[C@@H]2c1cccc(Br)c1. The third-order valence-electron chi connectivity index (χ3n) is 4.93. The number of aromatic amines is 2. The van der Waals surface area contributed by atoms with E-state index in [1.165, 1.54) is 0 Å². The molecule has 0 spiro atoms. The van der Waals surface area contributed by atoms with Gasteiger partial charge in [-0.25, -0.2) is 4.79 Å². The molecule has 1 aliphatic carbocycles. The fourth-order valence-electron chi connectivity index (χ4n) is 3.97. The monoisotopic (exact) mass is 415 g/mol. The van der Waals surface area contributed by atoms with E-state index in [0.717, 1.165) is 15.7 Å². The van der Waals surface area contributed by atoms with Gasteiger partial charge in [0.2, 0.25) is 0 Å². The van der Waals surface area contributed by atoms with Gasteiger partial charge < -0.3 is 5.32 Å². The first-order valence-corrected chi connectivity index (χ1v) is 9.20. The number of carbonyl (C=O) groups is 1. The molecule has 6 nitrogen and oxygen atoms in total. The number of nitrogens with one attached hydrogen (secondary N) is 3. The molecule has 134 valence electrons. The molecule has 0 saturated carbocycles. The van der Waals surface area contributed by atoms with Crippen molar-refractivity contribution >= 4 is 27.5 Å². The fraction of sp³-hybridized carbons (Fsp3) is 0.316. The highest BCUT2D eigenvalue weighted by Gasteiger charge is 2.42. The Hall–Kier alpha value is -2.41. The van der Waals surface area contributed by atoms with Gasteiger partial charge in [-0.2, -0.15) is 0 Å². The Kier molecular flexibility index (Phi) is 3.80. The number of halogens is 1. The lowest BCUT2D eigenvalue weighted by molar-refractivity contribution is -0.118. The summed E-state index contributed by atoms with van der Waals surface area (Å²) in [6, 6.07) is 7.57. The molecule has 3 N–H and O–H groups in total. The van der Waals surface area contributed by atoms with Gasteiger partial charge in [-0.15, -0.1) is 0 Å². The maximum Gasteiger partial charge on any atom is 0.327 e. The summed E-state index contributed by atoms with van der Waals surface area (Å²) >= 11 is 3.46. The molecular weight excluding hydrogens is 398 g/mol. The molecule has 4 rings (SSSR count). The van der Waals surface area contributed by atoms with Crippen LogP contribution in [-0.4, -0.2) is 15.8 Å². The standard InChI is InChI=1S/C19H18BrN3O3/c1-19(2)7-11-14(12(24)8-19)13(9-4-3-5-10(20)6-9)15-16(21-11)22-18(26)23-17(15)25/h3-6,13H,7-8H2,1-2H3,(H3,21,22,23,25,26)/t13-/m1/s1. The molecule has 7 heteroatoms. The minimum absolute atomic E-state index is 0.0324. The maximum absolute atomic E-state index is 13.0. The van der Waals surface area contributed by atoms with Gasteiger partial charge in [0.15, 0.2) is 5.78 Å². The molecular formula is C19H18BrN3O3. The summed E-state index contributed by atoms with van der Waals surface area (Å²) in [4.78, 5) is 42.3. The molecule has 2 aliphatic rings. The van der Waals surface area contributed by atoms with E-state index >= 15 is 0 Å². The van der Waals surface area contributed by atoms with Crippen LogP contribution in [0.5, 0.6) is 0 Å². The summed E-state index contributed by atoms with van der Waals surface area (Å²) in [5.41, 5.74) is 1.38. The third-order valence-corrected chi connectivity index (χ3v) is 5.43. The molecule has 0 bridgehead atoms. The van der Waals surface area contributed by atoms with Crippen molar-refractivity contribution in [3.8, 4) is 0 Å². The first kappa shape index (κ1) is 17.0. The topological polar surface area (TPSA) is 94.8 Å². The molecule has 1 aromatic carbocycles. The van der Waals surface area contributed by atoms with Crippen LogP contribution in [0.3, 0.4) is 0 Å². The summed E-state index contributed by atoms with van der Waals surface area (Å²) in [5, 5.41) is 3.15. The summed E-state index contributed by atoms with van der Waals surface area (Å²) in [6.45, 7) is 4.08. The molecule has 1 aromatic heterocycles. The van der Waals surface area contributed by atoms with Crippen molar-refractivity contribution in [1.29, 1.82) is 0 Å². The number of ketones is 1. The van der Waals surface area contributed by atoms with Gasteiger partial charge in [-0.05, 0) is 29.5 Å². The number of hydrogen-bond donors (Lipinski definition) is 3. The Bertz CT molecular complexity index is 1080. The Morgan fingerprint density at radius 1 is 1.12 bits per heavy atom. The lowest BCUT2D eigenvalue weighted by Crippen LogP contribution is -2.38. The molecule has 0 amide bonds. The number of carbonyl (C=O) groups excluding carboxylic acids is 1. The van der Waals surface area contributed by atoms with Crippen LogP contribution in [-0.2, 0) is 4.79 Å². The van der Waals surface area contributed by atoms with Gasteiger partial charge in [0.25, 0.3) is 5.56 Å². The van der Waals surface area contributed by atoms with Crippen LogP contribution >= 0.6 is 15.9 Å². The average Bonchev–Trinajstić information content (AvgIpc) is 2.51. The smallest absolute Gasteiger partial charge is 0.327 e. The van der Waals surface area contributed by atoms with Crippen molar-refractivity contribution in [2.45, 2.75) is 32.6 Å². The second-order valence-corrected chi connectivity index (χ2v) is 8.56. The number of hydrogen-bond acceptors (Lipinski definition) is 4. The Morgan fingerprint density at radius 2 is 1.88 bits per heavy atom. The second kappa shape index (κ2) is 5.81. The second-order valence-electron chi connectivity index (χ2n) is 7.64. The zero-order valence-corrected chi connectivity index (χ0v) is 16.0. The van der Waals surface area contributed by atoms with E-state index < -0.39 is 17.2 Å². The van der Waals surface area contributed by atoms with E-state index in [2.05, 4.69) is 31.2 Å². The molecule has 0 saturated heterocycles. The lowest BCUT2D eigenvalue weighted by Gasteiger charge is -2.38. The minimum atomic E-state index is -0.570. The van der Waals surface area contributed by atoms with E-state index in [0.29, 0.717) is 29.8 Å². The van der Waals surface area contributed by atoms with Crippen molar-refractivity contribution in [1.82, 2.24) is 9.97 Å². The molecule has 26 heavy (non-hydrogen) atoms. The zero-order valence-electron chi connectivity index (χ0n) is 14.4. The van der Waals surface area contributed by atoms with Crippen molar-refractivity contribution in [3.63, 3.8) is 0 Å². The summed E-state index contributed by atoms with van der Waals surface area (Å²) in [7, 11) is 0. The van der Waals surface area contributed by atoms with Crippen LogP contribution in [0.15, 0.2) is 49.6 Å². The number of Topliss-reactive ketones (excluding diaryl/α,β-unsaturated/α-hetero) is 1. The molecule has 2 heterocycles. The molecule has 0 radical (unpaired) electrons. The van der Waals surface area contributed by atoms with E-state index in [1.54, 1.807) is 0 Å². The molecule has 0 unspecified atom stereocenters. The summed E-state index contributed by atoms with van der Waals surface area (Å²) < 4.78 is 0.863. The highest BCUT2D eigenvalue weighted by atomic mass is 79.9. The van der Waals surface area contributed by atoms with Crippen LogP contribution < -0.4 is 16.6 Å². The Labute approximate surface area is 157 Å². The number of rotatable bonds is 1. The normalized spacial score (nSPS) is 21.0. The van der Waals surface area contributed by atoms with Gasteiger partial charge >= 0.3 is 5.69 Å². The quantitative estimate of drug-likeness (QED) is 0.666. The van der Waals surface area contributed by atoms with Crippen LogP contribution in [0.1, 0.15) is 43.7 Å². The average molecular weight is 416 g/mol. The predicted octanol–water partition coefficient (Wildman–Crippen LogP) is 3.03. The van der Waals surface area contributed by atoms with Gasteiger partial charge in [-0.3, -0.25) is 19.6 Å². The zero-order chi connectivity index (χ0) is 18.6. The Morgan fingerprint density at radius 3 is 2.62 bits per heavy atom. The third kappa shape index (κ3) is 2.76. The highest BCUT2D eigenvalue weighted by molar-refractivity contribution is 9.10. The predicted molar refractivity (Wildman–Crippen MR) is 102 cm³/mol. The van der Waals surface area contributed by atoms with Crippen molar-refractivity contribution in [3.05, 3.63) is 72.0 Å². The molecule has 1 atom stereocenters. The van der Waals surface area contributed by atoms with E-state index in [9.17, 15) is 14.4 Å². The fourth-order valence-corrected chi connectivity index (χ4v) is 4.38. The van der Waals surface area contributed by atoms with Crippen molar-refractivity contribution in [2.75, 3.05) is 5.32 Å². The maximum atomic E-state index is 13.0. The van der Waals surface area contributed by atoms with E-state index in [-0.39, 0.29) is 11.2 Å². The number of H-pyrrole nitrogens is 2. The number of allylic oxidation sites excluding steroid dienone is 2. The number of fused-ring (bicyclic) bond motifs is 1. The van der Waals surface area contributed by atoms with Crippen molar-refractivity contribution < 1.29 is 4.79 Å². The van der Waals surface area contributed by atoms with Crippen LogP contribution in [0.25, 0.3) is 0 Å². The number of benzene rings is 1. The Balaban J connectivity index is 2.02. The van der Waals surface area contributed by atoms with Crippen molar-refractivity contribution in [2.24, 2.45) is 5.41 Å². The number of anilines is 1. The summed E-state index contributed by atoms with van der Waals surface area (Å²) in [5.74, 6) is -0.110. The van der Waals surface area contributed by atoms with Gasteiger partial charge in [0.05, 0.1) is 5.56 Å². The van der Waals surface area contributed by atoms with Crippen LogP contribution in [0, 0.1) is 5.41 Å². The lowest BCUT2D eigenvalue weighted by atomic mass is 9.69. The first-order chi connectivity index (χ1) is 12.2. The molecule has 0 fully saturated rings. The number of aromatic nitrogens is 2. The largest absolute Gasteiger partial charge is 0.344 e. The van der Waals surface area contributed by atoms with E-state index in [4.69, 9.17) is 0 Å². The molecule has 1 aliphatic heterocycles. The van der Waals surface area contributed by atoms with E-state index in [1.807, 2.05) is 38.1 Å². The van der Waals surface area contributed by atoms with Crippen LogP contribution in [0.4, 0.5) is 5.82 Å². The minimum Gasteiger partial charge on any atom is -0.344 e. The van der Waals surface area contributed by atoms with Gasteiger partial charge in [0, 0.05) is 28.1 Å². The molecule has 2 aromatic rings. The highest BCUT2D eigenvalue weighted by Crippen LogP contribution is 2.47. The van der Waals surface area contributed by atoms with Gasteiger partial charge in [-0.1, -0.05) is 41.9 Å². The summed E-state index contributed by atoms with van der Waals surface area (Å²) in [6.07, 6.45) is 1.10. The van der Waals surface area contributed by atoms with Crippen LogP contribution in [0.2, 0.25) is 0 Å². The first-order valence-electron chi connectivity index (χ1n) is 8.40. The van der Waals surface area contributed by atoms with Gasteiger partial charge in [0.1, 0.15) is 5.82 Å².